The molecule has 0 aromatic carbocycles. The Morgan fingerprint density at radius 1 is 1.00 bits per heavy atom. The lowest BCUT2D eigenvalue weighted by Gasteiger charge is -2.30. The molecule has 4 nitrogen and oxygen atoms in total. The largest absolute Gasteiger partial charge is 0.343 e. The molecule has 1 unspecified atom stereocenters. The molecule has 0 fully saturated rings. The molecule has 1 atom stereocenters. The van der Waals surface area contributed by atoms with Gasteiger partial charge in [0.2, 0.25) is 0 Å². The molecule has 0 aliphatic heterocycles. The van der Waals surface area contributed by atoms with Crippen LogP contribution in [0.15, 0.2) is 0 Å². The second-order valence-electron chi connectivity index (χ2n) is 2.97. The van der Waals surface area contributed by atoms with E-state index < -0.39 is 7.67 Å². The van der Waals surface area contributed by atoms with Crippen molar-refractivity contribution in [3.05, 3.63) is 0 Å². The van der Waals surface area contributed by atoms with Gasteiger partial charge in [0.25, 0.3) is 0 Å². The van der Waals surface area contributed by atoms with E-state index in [1.165, 1.54) is 0 Å². The molecule has 0 aromatic rings. The highest BCUT2D eigenvalue weighted by Crippen LogP contribution is 2.46. The summed E-state index contributed by atoms with van der Waals surface area (Å²) in [6, 6.07) is 0. The van der Waals surface area contributed by atoms with Crippen molar-refractivity contribution in [1.29, 1.82) is 0 Å². The van der Waals surface area contributed by atoms with Crippen LogP contribution >= 0.6 is 54.1 Å². The number of halogens is 4. The summed E-state index contributed by atoms with van der Waals surface area (Å²) in [6.07, 6.45) is 0. The molecule has 17 heavy (non-hydrogen) atoms. The van der Waals surface area contributed by atoms with Crippen molar-refractivity contribution >= 4 is 54.1 Å². The first-order valence-electron chi connectivity index (χ1n) is 5.13. The van der Waals surface area contributed by atoms with E-state index in [0.29, 0.717) is 37.3 Å². The van der Waals surface area contributed by atoms with Gasteiger partial charge in [0.1, 0.15) is 0 Å². The quantitative estimate of drug-likeness (QED) is 0.461. The summed E-state index contributed by atoms with van der Waals surface area (Å²) < 4.78 is 19.5. The second kappa shape index (κ2) is 11.1. The van der Waals surface area contributed by atoms with E-state index in [0.717, 1.165) is 0 Å². The van der Waals surface area contributed by atoms with Gasteiger partial charge in [-0.05, 0) is 0 Å². The SMILES string of the molecule is O=P(NCCCl)(OCCCl)N(CCCl)CCCl. The lowest BCUT2D eigenvalue weighted by Crippen LogP contribution is -2.33. The molecule has 0 bridgehead atoms. The first-order chi connectivity index (χ1) is 8.14. The standard InChI is InChI=1S/C8H17Cl4N2O2P/c9-1-5-13-17(15,16-8-4-12)14(6-2-10)7-3-11/h1-8H2,(H,13,15). The summed E-state index contributed by atoms with van der Waals surface area (Å²) in [4.78, 5) is 0. The van der Waals surface area contributed by atoms with Crippen LogP contribution < -0.4 is 5.09 Å². The van der Waals surface area contributed by atoms with Crippen molar-refractivity contribution in [2.24, 2.45) is 0 Å². The van der Waals surface area contributed by atoms with Gasteiger partial charge in [0, 0.05) is 43.2 Å². The Bertz CT molecular complexity index is 218. The molecule has 0 amide bonds. The number of rotatable bonds is 11. The number of nitrogens with one attached hydrogen (secondary N) is 1. The molecule has 0 aliphatic carbocycles. The van der Waals surface area contributed by atoms with Gasteiger partial charge >= 0.3 is 7.67 Å². The normalized spacial score (nSPS) is 15.1. The molecule has 0 saturated carbocycles. The second-order valence-corrected chi connectivity index (χ2v) is 6.66. The van der Waals surface area contributed by atoms with Crippen LogP contribution in [0.2, 0.25) is 0 Å². The van der Waals surface area contributed by atoms with Gasteiger partial charge in [-0.25, -0.2) is 9.76 Å². The lowest BCUT2D eigenvalue weighted by molar-refractivity contribution is 0.271. The van der Waals surface area contributed by atoms with Crippen LogP contribution in [0.4, 0.5) is 0 Å². The zero-order valence-electron chi connectivity index (χ0n) is 9.38. The van der Waals surface area contributed by atoms with Crippen LogP contribution in [0.25, 0.3) is 0 Å². The Kier molecular flexibility index (Phi) is 12.0. The summed E-state index contributed by atoms with van der Waals surface area (Å²) in [5, 5.41) is 2.80. The average molecular weight is 346 g/mol. The fourth-order valence-corrected chi connectivity index (χ4v) is 4.11. The highest BCUT2D eigenvalue weighted by molar-refractivity contribution is 7.54. The summed E-state index contributed by atoms with van der Waals surface area (Å²) in [6.45, 7) is 1.41. The topological polar surface area (TPSA) is 41.6 Å². The van der Waals surface area contributed by atoms with E-state index in [1.807, 2.05) is 0 Å². The van der Waals surface area contributed by atoms with E-state index in [9.17, 15) is 4.57 Å². The zero-order valence-corrected chi connectivity index (χ0v) is 13.3. The monoisotopic (exact) mass is 344 g/mol. The molecule has 9 heteroatoms. The Labute approximate surface area is 122 Å². The van der Waals surface area contributed by atoms with Crippen LogP contribution in [0, 0.1) is 0 Å². The van der Waals surface area contributed by atoms with Gasteiger partial charge in [-0.15, -0.1) is 46.4 Å². The third kappa shape index (κ3) is 7.44. The summed E-state index contributed by atoms with van der Waals surface area (Å²) >= 11 is 22.4. The van der Waals surface area contributed by atoms with Crippen LogP contribution in [-0.4, -0.2) is 54.4 Å². The van der Waals surface area contributed by atoms with Crippen LogP contribution in [0.1, 0.15) is 0 Å². The fourth-order valence-electron chi connectivity index (χ4n) is 1.14. The third-order valence-corrected chi connectivity index (χ3v) is 4.79. The van der Waals surface area contributed by atoms with E-state index in [2.05, 4.69) is 5.09 Å². The number of hydrogen-bond donors (Lipinski definition) is 1. The molecule has 104 valence electrons. The molecule has 1 N–H and O–H groups in total. The van der Waals surface area contributed by atoms with Crippen molar-refractivity contribution < 1.29 is 9.09 Å². The fraction of sp³-hybridized carbons (Fsp3) is 1.00. The van der Waals surface area contributed by atoms with Gasteiger partial charge in [-0.1, -0.05) is 0 Å². The van der Waals surface area contributed by atoms with Crippen molar-refractivity contribution in [2.75, 3.05) is 49.8 Å². The van der Waals surface area contributed by atoms with E-state index in [1.54, 1.807) is 4.67 Å². The molecule has 0 aliphatic rings. The molecule has 0 radical (unpaired) electrons. The van der Waals surface area contributed by atoms with Crippen LogP contribution in [0.5, 0.6) is 0 Å². The summed E-state index contributed by atoms with van der Waals surface area (Å²) in [7, 11) is -3.15. The molecular formula is C8H17Cl4N2O2P. The molecule has 0 spiro atoms. The Morgan fingerprint density at radius 2 is 1.59 bits per heavy atom. The highest BCUT2D eigenvalue weighted by Gasteiger charge is 2.30. The average Bonchev–Trinajstić information content (AvgIpc) is 2.33. The van der Waals surface area contributed by atoms with E-state index in [4.69, 9.17) is 50.9 Å². The maximum absolute atomic E-state index is 12.6. The molecule has 0 saturated heterocycles. The van der Waals surface area contributed by atoms with Gasteiger partial charge in [-0.3, -0.25) is 4.57 Å². The predicted octanol–water partition coefficient (Wildman–Crippen LogP) is 2.96. The molecule has 0 heterocycles. The summed E-state index contributed by atoms with van der Waals surface area (Å²) in [5.74, 6) is 1.29. The maximum Gasteiger partial charge on any atom is 0.343 e. The minimum atomic E-state index is -3.15. The van der Waals surface area contributed by atoms with Gasteiger partial charge in [-0.2, -0.15) is 0 Å². The first kappa shape index (κ1) is 18.3. The number of nitrogens with zero attached hydrogens (tertiary/aromatic N) is 1. The van der Waals surface area contributed by atoms with E-state index >= 15 is 0 Å². The van der Waals surface area contributed by atoms with Crippen molar-refractivity contribution in [3.8, 4) is 0 Å². The lowest BCUT2D eigenvalue weighted by atomic mass is 10.6. The Balaban J connectivity index is 4.62. The zero-order chi connectivity index (χ0) is 13.1. The minimum Gasteiger partial charge on any atom is -0.305 e. The van der Waals surface area contributed by atoms with Crippen molar-refractivity contribution in [3.63, 3.8) is 0 Å². The van der Waals surface area contributed by atoms with Crippen molar-refractivity contribution in [1.82, 2.24) is 9.76 Å². The smallest absolute Gasteiger partial charge is 0.305 e. The molecule has 0 rings (SSSR count). The van der Waals surface area contributed by atoms with Gasteiger partial charge in [0.15, 0.2) is 0 Å². The molecule has 0 aromatic heterocycles. The number of hydrogen-bond acceptors (Lipinski definition) is 2. The van der Waals surface area contributed by atoms with Crippen LogP contribution in [-0.2, 0) is 9.09 Å². The number of alkyl halides is 4. The highest BCUT2D eigenvalue weighted by atomic mass is 35.5. The van der Waals surface area contributed by atoms with Crippen LogP contribution in [0.3, 0.4) is 0 Å². The summed E-state index contributed by atoms with van der Waals surface area (Å²) in [5.41, 5.74) is 0. The van der Waals surface area contributed by atoms with E-state index in [-0.39, 0.29) is 12.5 Å². The Morgan fingerprint density at radius 3 is 2.00 bits per heavy atom. The van der Waals surface area contributed by atoms with Crippen molar-refractivity contribution in [2.45, 2.75) is 0 Å². The molecular weight excluding hydrogens is 329 g/mol. The Hall–Kier alpha value is 1.27. The van der Waals surface area contributed by atoms with Gasteiger partial charge in [0.05, 0.1) is 6.61 Å². The maximum atomic E-state index is 12.6. The first-order valence-corrected chi connectivity index (χ1v) is 8.85. The third-order valence-electron chi connectivity index (χ3n) is 1.81. The predicted molar refractivity (Wildman–Crippen MR) is 76.0 cm³/mol. The minimum absolute atomic E-state index is 0.190. The van der Waals surface area contributed by atoms with Gasteiger partial charge < -0.3 is 4.52 Å².